The van der Waals surface area contributed by atoms with Gasteiger partial charge in [-0.2, -0.15) is 5.10 Å². The predicted octanol–water partition coefficient (Wildman–Crippen LogP) is 3.75. The average Bonchev–Trinajstić information content (AvgIpc) is 2.54. The number of nitrogens with zero attached hydrogens (tertiary/aromatic N) is 1. The molecule has 0 bridgehead atoms. The highest BCUT2D eigenvalue weighted by Gasteiger charge is 2.10. The summed E-state index contributed by atoms with van der Waals surface area (Å²) in [5, 5.41) is 5.08. The number of rotatable bonds is 6. The molecule has 0 saturated heterocycles. The Morgan fingerprint density at radius 1 is 1.25 bits per heavy atom. The molecular formula is C16H15Cl2N3O2S. The first-order chi connectivity index (χ1) is 11.5. The fourth-order valence-electron chi connectivity index (χ4n) is 1.88. The van der Waals surface area contributed by atoms with E-state index in [1.807, 2.05) is 6.07 Å². The molecule has 0 aliphatic rings. The number of nitrogens with one attached hydrogen (secondary N) is 1. The Morgan fingerprint density at radius 3 is 2.58 bits per heavy atom. The number of benzene rings is 2. The summed E-state index contributed by atoms with van der Waals surface area (Å²) in [5.41, 5.74) is 9.28. The minimum atomic E-state index is 0.0876. The molecule has 3 N–H and O–H groups in total. The molecule has 0 atom stereocenters. The Hall–Kier alpha value is -2.02. The number of nitrogens with two attached hydrogens (primary N) is 1. The summed E-state index contributed by atoms with van der Waals surface area (Å²) >= 11 is 17.0. The summed E-state index contributed by atoms with van der Waals surface area (Å²) < 4.78 is 11.1. The van der Waals surface area contributed by atoms with Crippen molar-refractivity contribution in [2.75, 3.05) is 7.11 Å². The maximum atomic E-state index is 6.15. The highest BCUT2D eigenvalue weighted by Crippen LogP contribution is 2.31. The fraction of sp³-hybridized carbons (Fsp3) is 0.125. The van der Waals surface area contributed by atoms with E-state index in [0.29, 0.717) is 27.1 Å². The van der Waals surface area contributed by atoms with Gasteiger partial charge in [0.25, 0.3) is 0 Å². The van der Waals surface area contributed by atoms with E-state index in [9.17, 15) is 0 Å². The third-order valence-corrected chi connectivity index (χ3v) is 3.81. The molecule has 0 amide bonds. The van der Waals surface area contributed by atoms with Gasteiger partial charge in [-0.1, -0.05) is 29.3 Å². The summed E-state index contributed by atoms with van der Waals surface area (Å²) in [4.78, 5) is 0. The van der Waals surface area contributed by atoms with Crippen molar-refractivity contribution in [1.29, 1.82) is 0 Å². The van der Waals surface area contributed by atoms with Gasteiger partial charge in [-0.25, -0.2) is 0 Å². The maximum Gasteiger partial charge on any atom is 0.184 e. The van der Waals surface area contributed by atoms with Crippen molar-refractivity contribution in [2.24, 2.45) is 10.8 Å². The van der Waals surface area contributed by atoms with Crippen LogP contribution in [0.1, 0.15) is 11.1 Å². The SMILES string of the molecule is COc1ccc(/C=N\NC(N)=S)cc1OCc1c(Cl)cccc1Cl. The smallest absolute Gasteiger partial charge is 0.184 e. The number of hydrogen-bond acceptors (Lipinski definition) is 4. The molecule has 2 aromatic rings. The third-order valence-electron chi connectivity index (χ3n) is 3.01. The summed E-state index contributed by atoms with van der Waals surface area (Å²) in [7, 11) is 1.56. The van der Waals surface area contributed by atoms with E-state index in [-0.39, 0.29) is 11.7 Å². The van der Waals surface area contributed by atoms with Crippen molar-refractivity contribution >= 4 is 46.7 Å². The minimum Gasteiger partial charge on any atom is -0.493 e. The Morgan fingerprint density at radius 2 is 1.96 bits per heavy atom. The number of halogens is 2. The van der Waals surface area contributed by atoms with Gasteiger partial charge in [0.2, 0.25) is 0 Å². The number of methoxy groups -OCH3 is 1. The normalized spacial score (nSPS) is 10.6. The maximum absolute atomic E-state index is 6.15. The van der Waals surface area contributed by atoms with Crippen molar-refractivity contribution < 1.29 is 9.47 Å². The molecule has 5 nitrogen and oxygen atoms in total. The van der Waals surface area contributed by atoms with E-state index in [2.05, 4.69) is 22.7 Å². The largest absolute Gasteiger partial charge is 0.493 e. The molecule has 0 unspecified atom stereocenters. The zero-order chi connectivity index (χ0) is 17.5. The standard InChI is InChI=1S/C16H15Cl2N3O2S/c1-22-14-6-5-10(8-20-21-16(19)24)7-15(14)23-9-11-12(17)3-2-4-13(11)18/h2-8H,9H2,1H3,(H3,19,21,24)/b20-8-. The molecule has 0 aliphatic carbocycles. The first-order valence-electron chi connectivity index (χ1n) is 6.83. The van der Waals surface area contributed by atoms with Gasteiger partial charge in [0.15, 0.2) is 16.6 Å². The first kappa shape index (κ1) is 18.3. The van der Waals surface area contributed by atoms with Crippen molar-refractivity contribution in [3.63, 3.8) is 0 Å². The Balaban J connectivity index is 2.18. The van der Waals surface area contributed by atoms with Crippen molar-refractivity contribution in [3.8, 4) is 11.5 Å². The highest BCUT2D eigenvalue weighted by molar-refractivity contribution is 7.80. The van der Waals surface area contributed by atoms with E-state index < -0.39 is 0 Å². The van der Waals surface area contributed by atoms with Crippen LogP contribution < -0.4 is 20.6 Å². The van der Waals surface area contributed by atoms with Gasteiger partial charge < -0.3 is 15.2 Å². The second-order valence-electron chi connectivity index (χ2n) is 4.63. The number of hydrogen-bond donors (Lipinski definition) is 2. The van der Waals surface area contributed by atoms with E-state index in [1.54, 1.807) is 43.7 Å². The van der Waals surface area contributed by atoms with Crippen LogP contribution in [0, 0.1) is 0 Å². The van der Waals surface area contributed by atoms with Gasteiger partial charge in [-0.05, 0) is 48.1 Å². The van der Waals surface area contributed by atoms with Crippen molar-refractivity contribution in [3.05, 3.63) is 57.6 Å². The molecular weight excluding hydrogens is 369 g/mol. The van der Waals surface area contributed by atoms with Crippen LogP contribution in [-0.4, -0.2) is 18.4 Å². The Bertz CT molecular complexity index is 749. The average molecular weight is 384 g/mol. The van der Waals surface area contributed by atoms with Crippen LogP contribution in [0.25, 0.3) is 0 Å². The second-order valence-corrected chi connectivity index (χ2v) is 5.89. The molecule has 0 aromatic heterocycles. The summed E-state index contributed by atoms with van der Waals surface area (Å²) in [6.45, 7) is 0.209. The molecule has 24 heavy (non-hydrogen) atoms. The second kappa shape index (κ2) is 8.73. The molecule has 2 aromatic carbocycles. The van der Waals surface area contributed by atoms with E-state index >= 15 is 0 Å². The first-order valence-corrected chi connectivity index (χ1v) is 8.00. The molecule has 0 radical (unpaired) electrons. The lowest BCUT2D eigenvalue weighted by atomic mass is 10.2. The van der Waals surface area contributed by atoms with Crippen molar-refractivity contribution in [2.45, 2.75) is 6.61 Å². The number of thiocarbonyl (C=S) groups is 1. The van der Waals surface area contributed by atoms with Crippen LogP contribution in [0.3, 0.4) is 0 Å². The molecule has 126 valence electrons. The number of ether oxygens (including phenoxy) is 2. The lowest BCUT2D eigenvalue weighted by Gasteiger charge is -2.13. The molecule has 0 aliphatic heterocycles. The zero-order valence-corrected chi connectivity index (χ0v) is 15.1. The monoisotopic (exact) mass is 383 g/mol. The Kier molecular flexibility index (Phi) is 6.66. The van der Waals surface area contributed by atoms with Crippen LogP contribution in [0.15, 0.2) is 41.5 Å². The van der Waals surface area contributed by atoms with E-state index in [1.165, 1.54) is 0 Å². The van der Waals surface area contributed by atoms with Gasteiger partial charge >= 0.3 is 0 Å². The van der Waals surface area contributed by atoms with E-state index in [0.717, 1.165) is 5.56 Å². The lowest BCUT2D eigenvalue weighted by molar-refractivity contribution is 0.284. The quantitative estimate of drug-likeness (QED) is 0.451. The van der Waals surface area contributed by atoms with Crippen LogP contribution in [0.4, 0.5) is 0 Å². The Labute approximate surface area is 155 Å². The molecule has 0 saturated carbocycles. The lowest BCUT2D eigenvalue weighted by Crippen LogP contribution is -2.23. The van der Waals surface area contributed by atoms with Gasteiger partial charge in [-0.3, -0.25) is 5.43 Å². The molecule has 8 heteroatoms. The van der Waals surface area contributed by atoms with Crippen LogP contribution in [-0.2, 0) is 6.61 Å². The van der Waals surface area contributed by atoms with Gasteiger partial charge in [0.05, 0.1) is 13.3 Å². The molecule has 0 fully saturated rings. The topological polar surface area (TPSA) is 68.9 Å². The molecule has 2 rings (SSSR count). The van der Waals surface area contributed by atoms with Crippen LogP contribution >= 0.6 is 35.4 Å². The van der Waals surface area contributed by atoms with Crippen LogP contribution in [0.5, 0.6) is 11.5 Å². The van der Waals surface area contributed by atoms with E-state index in [4.69, 9.17) is 38.4 Å². The van der Waals surface area contributed by atoms with Crippen LogP contribution in [0.2, 0.25) is 10.0 Å². The molecule has 0 spiro atoms. The van der Waals surface area contributed by atoms with Gasteiger partial charge in [-0.15, -0.1) is 0 Å². The molecule has 0 heterocycles. The highest BCUT2D eigenvalue weighted by atomic mass is 35.5. The van der Waals surface area contributed by atoms with Gasteiger partial charge in [0, 0.05) is 15.6 Å². The summed E-state index contributed by atoms with van der Waals surface area (Å²) in [6.07, 6.45) is 1.56. The predicted molar refractivity (Wildman–Crippen MR) is 101 cm³/mol. The fourth-order valence-corrected chi connectivity index (χ4v) is 2.44. The number of hydrazone groups is 1. The summed E-state index contributed by atoms with van der Waals surface area (Å²) in [6, 6.07) is 10.7. The third kappa shape index (κ3) is 4.99. The zero-order valence-electron chi connectivity index (χ0n) is 12.8. The minimum absolute atomic E-state index is 0.0876. The van der Waals surface area contributed by atoms with Crippen molar-refractivity contribution in [1.82, 2.24) is 5.43 Å². The van der Waals surface area contributed by atoms with Gasteiger partial charge in [0.1, 0.15) is 6.61 Å². The summed E-state index contributed by atoms with van der Waals surface area (Å²) in [5.74, 6) is 1.12.